The fourth-order valence-electron chi connectivity index (χ4n) is 1.93. The number of hydrogen-bond donors (Lipinski definition) is 2. The first-order chi connectivity index (χ1) is 7.29. The van der Waals surface area contributed by atoms with Gasteiger partial charge in [-0.2, -0.15) is 5.10 Å². The van der Waals surface area contributed by atoms with E-state index in [0.29, 0.717) is 11.7 Å². The summed E-state index contributed by atoms with van der Waals surface area (Å²) in [5, 5.41) is 9.33. The van der Waals surface area contributed by atoms with Crippen LogP contribution in [-0.2, 0) is 4.74 Å². The van der Waals surface area contributed by atoms with Gasteiger partial charge >= 0.3 is 0 Å². The Morgan fingerprint density at radius 1 is 1.67 bits per heavy atom. The van der Waals surface area contributed by atoms with Crippen molar-refractivity contribution in [1.82, 2.24) is 15.5 Å². The Hall–Kier alpha value is -1.36. The van der Waals surface area contributed by atoms with Crippen molar-refractivity contribution in [3.8, 4) is 0 Å². The summed E-state index contributed by atoms with van der Waals surface area (Å²) in [6.07, 6.45) is 6.32. The van der Waals surface area contributed by atoms with Crippen LogP contribution in [0.2, 0.25) is 0 Å². The first-order valence-corrected chi connectivity index (χ1v) is 5.12. The lowest BCUT2D eigenvalue weighted by Crippen LogP contribution is -2.33. The number of hydrogen-bond acceptors (Lipinski definition) is 3. The summed E-state index contributed by atoms with van der Waals surface area (Å²) in [7, 11) is 1.71. The molecule has 1 saturated carbocycles. The molecule has 1 aliphatic rings. The smallest absolute Gasteiger partial charge is 0.254 e. The fraction of sp³-hybridized carbons (Fsp3) is 0.600. The van der Waals surface area contributed by atoms with E-state index >= 15 is 0 Å². The monoisotopic (exact) mass is 209 g/mol. The van der Waals surface area contributed by atoms with E-state index in [9.17, 15) is 4.79 Å². The molecule has 2 rings (SSSR count). The summed E-state index contributed by atoms with van der Waals surface area (Å²) in [4.78, 5) is 11.6. The zero-order valence-corrected chi connectivity index (χ0v) is 8.69. The van der Waals surface area contributed by atoms with Crippen molar-refractivity contribution in [3.05, 3.63) is 18.0 Å². The number of amides is 1. The number of rotatable bonds is 3. The molecule has 1 aromatic heterocycles. The zero-order chi connectivity index (χ0) is 10.7. The molecule has 82 valence electrons. The summed E-state index contributed by atoms with van der Waals surface area (Å²) >= 11 is 0. The number of ether oxygens (including phenoxy) is 1. The van der Waals surface area contributed by atoms with Crippen molar-refractivity contribution in [1.29, 1.82) is 0 Å². The second-order valence-electron chi connectivity index (χ2n) is 3.83. The van der Waals surface area contributed by atoms with Gasteiger partial charge in [-0.15, -0.1) is 0 Å². The quantitative estimate of drug-likeness (QED) is 0.770. The van der Waals surface area contributed by atoms with Crippen LogP contribution in [0.15, 0.2) is 12.4 Å². The van der Waals surface area contributed by atoms with Gasteiger partial charge in [0.15, 0.2) is 0 Å². The van der Waals surface area contributed by atoms with Crippen molar-refractivity contribution >= 4 is 5.91 Å². The van der Waals surface area contributed by atoms with Crippen molar-refractivity contribution in [2.24, 2.45) is 0 Å². The summed E-state index contributed by atoms with van der Waals surface area (Å²) in [6.45, 7) is 0. The maximum Gasteiger partial charge on any atom is 0.254 e. The second kappa shape index (κ2) is 4.44. The Kier molecular flexibility index (Phi) is 3.01. The van der Waals surface area contributed by atoms with Gasteiger partial charge in [-0.3, -0.25) is 9.89 Å². The molecule has 0 spiro atoms. The Bertz CT molecular complexity index is 323. The molecule has 15 heavy (non-hydrogen) atoms. The van der Waals surface area contributed by atoms with E-state index in [-0.39, 0.29) is 11.9 Å². The third-order valence-corrected chi connectivity index (χ3v) is 2.81. The lowest BCUT2D eigenvalue weighted by molar-refractivity contribution is 0.0915. The minimum Gasteiger partial charge on any atom is -0.381 e. The molecule has 0 bridgehead atoms. The van der Waals surface area contributed by atoms with Crippen molar-refractivity contribution < 1.29 is 9.53 Å². The number of carbonyl (C=O) groups is 1. The SMILES string of the molecule is COC1CCC(NC(=O)c2cn[nH]c2)C1. The number of nitrogens with one attached hydrogen (secondary N) is 2. The number of methoxy groups -OCH3 is 1. The van der Waals surface area contributed by atoms with Crippen LogP contribution in [0.25, 0.3) is 0 Å². The zero-order valence-electron chi connectivity index (χ0n) is 8.69. The van der Waals surface area contributed by atoms with Gasteiger partial charge in [-0.1, -0.05) is 0 Å². The summed E-state index contributed by atoms with van der Waals surface area (Å²) < 4.78 is 5.24. The van der Waals surface area contributed by atoms with Gasteiger partial charge in [-0.05, 0) is 19.3 Å². The number of H-pyrrole nitrogens is 1. The average molecular weight is 209 g/mol. The Balaban J connectivity index is 1.86. The van der Waals surface area contributed by atoms with Gasteiger partial charge in [0.2, 0.25) is 0 Å². The second-order valence-corrected chi connectivity index (χ2v) is 3.83. The highest BCUT2D eigenvalue weighted by Gasteiger charge is 2.25. The van der Waals surface area contributed by atoms with Crippen LogP contribution in [0.3, 0.4) is 0 Å². The third-order valence-electron chi connectivity index (χ3n) is 2.81. The highest BCUT2D eigenvalue weighted by atomic mass is 16.5. The predicted octanol–water partition coefficient (Wildman–Crippen LogP) is 0.707. The van der Waals surface area contributed by atoms with Gasteiger partial charge in [0.25, 0.3) is 5.91 Å². The average Bonchev–Trinajstić information content (AvgIpc) is 2.87. The van der Waals surface area contributed by atoms with Gasteiger partial charge in [0.1, 0.15) is 0 Å². The molecule has 1 heterocycles. The Morgan fingerprint density at radius 3 is 3.13 bits per heavy atom. The van der Waals surface area contributed by atoms with Crippen molar-refractivity contribution in [2.45, 2.75) is 31.4 Å². The molecule has 5 heteroatoms. The molecule has 2 N–H and O–H groups in total. The van der Waals surface area contributed by atoms with E-state index in [1.165, 1.54) is 6.20 Å². The van der Waals surface area contributed by atoms with Gasteiger partial charge in [0.05, 0.1) is 17.9 Å². The highest BCUT2D eigenvalue weighted by Crippen LogP contribution is 2.21. The van der Waals surface area contributed by atoms with Crippen molar-refractivity contribution in [2.75, 3.05) is 7.11 Å². The topological polar surface area (TPSA) is 67.0 Å². The van der Waals surface area contributed by atoms with Crippen LogP contribution in [0.1, 0.15) is 29.6 Å². The van der Waals surface area contributed by atoms with E-state index in [1.54, 1.807) is 13.3 Å². The number of aromatic amines is 1. The van der Waals surface area contributed by atoms with E-state index in [0.717, 1.165) is 19.3 Å². The third kappa shape index (κ3) is 2.36. The number of nitrogens with zero attached hydrogens (tertiary/aromatic N) is 1. The lowest BCUT2D eigenvalue weighted by atomic mass is 10.2. The standard InChI is InChI=1S/C10H15N3O2/c1-15-9-3-2-8(4-9)13-10(14)7-5-11-12-6-7/h5-6,8-9H,2-4H2,1H3,(H,11,12)(H,13,14). The van der Waals surface area contributed by atoms with Crippen LogP contribution in [0.4, 0.5) is 0 Å². The van der Waals surface area contributed by atoms with Gasteiger partial charge < -0.3 is 10.1 Å². The van der Waals surface area contributed by atoms with Crippen LogP contribution >= 0.6 is 0 Å². The molecule has 2 unspecified atom stereocenters. The molecule has 1 fully saturated rings. The van der Waals surface area contributed by atoms with Crippen LogP contribution in [-0.4, -0.2) is 35.4 Å². The molecule has 0 radical (unpaired) electrons. The predicted molar refractivity (Wildman–Crippen MR) is 54.5 cm³/mol. The van der Waals surface area contributed by atoms with Crippen LogP contribution in [0, 0.1) is 0 Å². The fourth-order valence-corrected chi connectivity index (χ4v) is 1.93. The Morgan fingerprint density at radius 2 is 2.53 bits per heavy atom. The first-order valence-electron chi connectivity index (χ1n) is 5.12. The molecule has 2 atom stereocenters. The summed E-state index contributed by atoms with van der Waals surface area (Å²) in [5.41, 5.74) is 0.580. The molecule has 0 saturated heterocycles. The molecule has 1 aromatic rings. The first kappa shape index (κ1) is 10.2. The van der Waals surface area contributed by atoms with Crippen molar-refractivity contribution in [3.63, 3.8) is 0 Å². The summed E-state index contributed by atoms with van der Waals surface area (Å²) in [5.74, 6) is -0.0643. The van der Waals surface area contributed by atoms with Gasteiger partial charge in [0, 0.05) is 19.3 Å². The molecular weight excluding hydrogens is 194 g/mol. The Labute approximate surface area is 88.2 Å². The molecule has 0 aliphatic heterocycles. The van der Waals surface area contributed by atoms with Crippen LogP contribution < -0.4 is 5.32 Å². The molecular formula is C10H15N3O2. The number of carbonyl (C=O) groups excluding carboxylic acids is 1. The number of aromatic nitrogens is 2. The lowest BCUT2D eigenvalue weighted by Gasteiger charge is -2.11. The van der Waals surface area contributed by atoms with E-state index in [4.69, 9.17) is 4.74 Å². The van der Waals surface area contributed by atoms with E-state index < -0.39 is 0 Å². The largest absolute Gasteiger partial charge is 0.381 e. The maximum atomic E-state index is 11.6. The summed E-state index contributed by atoms with van der Waals surface area (Å²) in [6, 6.07) is 0.234. The molecule has 5 nitrogen and oxygen atoms in total. The van der Waals surface area contributed by atoms with Gasteiger partial charge in [-0.25, -0.2) is 0 Å². The minimum atomic E-state index is -0.0643. The highest BCUT2D eigenvalue weighted by molar-refractivity contribution is 5.93. The van der Waals surface area contributed by atoms with E-state index in [2.05, 4.69) is 15.5 Å². The van der Waals surface area contributed by atoms with Crippen LogP contribution in [0.5, 0.6) is 0 Å². The maximum absolute atomic E-state index is 11.6. The molecule has 0 aromatic carbocycles. The van der Waals surface area contributed by atoms with E-state index in [1.807, 2.05) is 0 Å². The minimum absolute atomic E-state index is 0.0643. The normalized spacial score (nSPS) is 25.4. The molecule has 1 amide bonds. The molecule has 1 aliphatic carbocycles.